The summed E-state index contributed by atoms with van der Waals surface area (Å²) in [5.74, 6) is 0. The van der Waals surface area contributed by atoms with Crippen molar-refractivity contribution in [3.63, 3.8) is 0 Å². The third-order valence-electron chi connectivity index (χ3n) is 4.03. The highest BCUT2D eigenvalue weighted by Crippen LogP contribution is 2.23. The minimum atomic E-state index is 0.895. The number of thiophene rings is 1. The Kier molecular flexibility index (Phi) is 5.31. The summed E-state index contributed by atoms with van der Waals surface area (Å²) in [7, 11) is 0. The Bertz CT molecular complexity index is 547. The van der Waals surface area contributed by atoms with Gasteiger partial charge in [0.1, 0.15) is 0 Å². The van der Waals surface area contributed by atoms with Crippen LogP contribution in [0.15, 0.2) is 42.5 Å². The van der Waals surface area contributed by atoms with E-state index in [1.807, 2.05) is 6.07 Å². The van der Waals surface area contributed by atoms with Crippen LogP contribution in [0.25, 0.3) is 0 Å². The average Bonchev–Trinajstić information content (AvgIpc) is 2.93. The van der Waals surface area contributed by atoms with Crippen molar-refractivity contribution in [3.8, 4) is 0 Å². The maximum atomic E-state index is 5.99. The predicted molar refractivity (Wildman–Crippen MR) is 91.2 cm³/mol. The van der Waals surface area contributed by atoms with Crippen molar-refractivity contribution < 1.29 is 0 Å². The lowest BCUT2D eigenvalue weighted by Crippen LogP contribution is -2.46. The van der Waals surface area contributed by atoms with Gasteiger partial charge in [0, 0.05) is 44.1 Å². The Hall–Kier alpha value is -0.870. The van der Waals surface area contributed by atoms with Gasteiger partial charge in [-0.2, -0.15) is 0 Å². The molecule has 0 unspecified atom stereocenters. The van der Waals surface area contributed by atoms with Crippen LogP contribution >= 0.6 is 22.9 Å². The van der Waals surface area contributed by atoms with Gasteiger partial charge in [-0.15, -0.1) is 11.3 Å². The minimum absolute atomic E-state index is 0.895. The van der Waals surface area contributed by atoms with Gasteiger partial charge in [0.05, 0.1) is 4.34 Å². The van der Waals surface area contributed by atoms with Crippen molar-refractivity contribution in [3.05, 3.63) is 57.2 Å². The highest BCUT2D eigenvalue weighted by Gasteiger charge is 2.17. The summed E-state index contributed by atoms with van der Waals surface area (Å²) >= 11 is 7.69. The van der Waals surface area contributed by atoms with E-state index in [2.05, 4.69) is 46.2 Å². The second kappa shape index (κ2) is 7.41. The van der Waals surface area contributed by atoms with Gasteiger partial charge in [-0.1, -0.05) is 41.9 Å². The highest BCUT2D eigenvalue weighted by atomic mass is 35.5. The summed E-state index contributed by atoms with van der Waals surface area (Å²) in [5, 5.41) is 0. The van der Waals surface area contributed by atoms with Crippen molar-refractivity contribution in [1.82, 2.24) is 9.80 Å². The molecule has 0 aliphatic carbocycles. The highest BCUT2D eigenvalue weighted by molar-refractivity contribution is 7.16. The van der Waals surface area contributed by atoms with Gasteiger partial charge in [-0.05, 0) is 24.1 Å². The Morgan fingerprint density at radius 2 is 1.62 bits per heavy atom. The van der Waals surface area contributed by atoms with Crippen LogP contribution in [-0.2, 0) is 13.0 Å². The van der Waals surface area contributed by atoms with Crippen LogP contribution in [0.2, 0.25) is 4.34 Å². The molecule has 0 atom stereocenters. The van der Waals surface area contributed by atoms with E-state index in [0.717, 1.165) is 30.4 Å². The van der Waals surface area contributed by atoms with Crippen LogP contribution in [0.4, 0.5) is 0 Å². The van der Waals surface area contributed by atoms with Crippen molar-refractivity contribution >= 4 is 22.9 Å². The maximum absolute atomic E-state index is 5.99. The molecule has 1 aliphatic heterocycles. The van der Waals surface area contributed by atoms with E-state index in [4.69, 9.17) is 11.6 Å². The second-order valence-electron chi connectivity index (χ2n) is 5.56. The molecule has 112 valence electrons. The first-order valence-corrected chi connectivity index (χ1v) is 8.72. The summed E-state index contributed by atoms with van der Waals surface area (Å²) in [6.07, 6.45) is 1.15. The molecule has 4 heteroatoms. The molecule has 0 N–H and O–H groups in total. The molecular weight excluding hydrogens is 300 g/mol. The predicted octanol–water partition coefficient (Wildman–Crippen LogP) is 3.76. The van der Waals surface area contributed by atoms with E-state index in [0.29, 0.717) is 0 Å². The van der Waals surface area contributed by atoms with Crippen LogP contribution in [0, 0.1) is 0 Å². The minimum Gasteiger partial charge on any atom is -0.300 e. The molecule has 0 radical (unpaired) electrons. The third-order valence-corrected chi connectivity index (χ3v) is 5.25. The Morgan fingerprint density at radius 3 is 2.29 bits per heavy atom. The lowest BCUT2D eigenvalue weighted by Gasteiger charge is -2.34. The largest absolute Gasteiger partial charge is 0.300 e. The molecule has 0 amide bonds. The summed E-state index contributed by atoms with van der Waals surface area (Å²) in [5.41, 5.74) is 1.44. The first kappa shape index (κ1) is 15.0. The molecule has 1 aromatic carbocycles. The van der Waals surface area contributed by atoms with Crippen molar-refractivity contribution in [2.75, 3.05) is 32.7 Å². The van der Waals surface area contributed by atoms with Crippen molar-refractivity contribution in [2.45, 2.75) is 13.0 Å². The summed E-state index contributed by atoms with van der Waals surface area (Å²) in [4.78, 5) is 6.48. The van der Waals surface area contributed by atoms with Gasteiger partial charge in [0.2, 0.25) is 0 Å². The van der Waals surface area contributed by atoms with E-state index in [-0.39, 0.29) is 0 Å². The normalized spacial score (nSPS) is 17.2. The molecule has 1 aliphatic rings. The lowest BCUT2D eigenvalue weighted by molar-refractivity contribution is 0.129. The van der Waals surface area contributed by atoms with Crippen LogP contribution in [-0.4, -0.2) is 42.5 Å². The zero-order valence-corrected chi connectivity index (χ0v) is 13.7. The van der Waals surface area contributed by atoms with Gasteiger partial charge >= 0.3 is 0 Å². The average molecular weight is 321 g/mol. The number of halogens is 1. The second-order valence-corrected chi connectivity index (χ2v) is 7.36. The van der Waals surface area contributed by atoms with Gasteiger partial charge in [-0.25, -0.2) is 0 Å². The summed E-state index contributed by atoms with van der Waals surface area (Å²) < 4.78 is 0.895. The van der Waals surface area contributed by atoms with Gasteiger partial charge in [0.25, 0.3) is 0 Å². The summed E-state index contributed by atoms with van der Waals surface area (Å²) in [6, 6.07) is 14.9. The Labute approximate surface area is 136 Å². The Balaban J connectivity index is 1.40. The molecule has 1 aromatic heterocycles. The zero-order valence-electron chi connectivity index (χ0n) is 12.2. The number of piperazine rings is 1. The monoisotopic (exact) mass is 320 g/mol. The Morgan fingerprint density at radius 1 is 0.905 bits per heavy atom. The fraction of sp³-hybridized carbons (Fsp3) is 0.412. The molecule has 0 bridgehead atoms. The maximum Gasteiger partial charge on any atom is 0.0931 e. The SMILES string of the molecule is Clc1ccc(CN2CCN(CCc3ccccc3)CC2)s1. The first-order chi connectivity index (χ1) is 10.3. The summed E-state index contributed by atoms with van der Waals surface area (Å²) in [6.45, 7) is 6.87. The van der Waals surface area contributed by atoms with Gasteiger partial charge in [-0.3, -0.25) is 4.90 Å². The molecule has 21 heavy (non-hydrogen) atoms. The number of rotatable bonds is 5. The van der Waals surface area contributed by atoms with Crippen molar-refractivity contribution in [1.29, 1.82) is 0 Å². The van der Waals surface area contributed by atoms with Crippen LogP contribution in [0.5, 0.6) is 0 Å². The van der Waals surface area contributed by atoms with E-state index < -0.39 is 0 Å². The molecule has 0 saturated carbocycles. The topological polar surface area (TPSA) is 6.48 Å². The van der Waals surface area contributed by atoms with E-state index in [1.54, 1.807) is 11.3 Å². The lowest BCUT2D eigenvalue weighted by atomic mass is 10.1. The van der Waals surface area contributed by atoms with Crippen LogP contribution in [0.3, 0.4) is 0 Å². The van der Waals surface area contributed by atoms with E-state index >= 15 is 0 Å². The number of hydrogen-bond donors (Lipinski definition) is 0. The van der Waals surface area contributed by atoms with E-state index in [1.165, 1.54) is 30.1 Å². The molecule has 1 fully saturated rings. The fourth-order valence-corrected chi connectivity index (χ4v) is 3.89. The van der Waals surface area contributed by atoms with Gasteiger partial charge in [0.15, 0.2) is 0 Å². The van der Waals surface area contributed by atoms with Gasteiger partial charge < -0.3 is 4.90 Å². The molecule has 1 saturated heterocycles. The molecule has 2 aromatic rings. The number of nitrogens with zero attached hydrogens (tertiary/aromatic N) is 2. The standard InChI is InChI=1S/C17H21ClN2S/c18-17-7-6-16(21-17)14-20-12-10-19(11-13-20)9-8-15-4-2-1-3-5-15/h1-7H,8-14H2. The smallest absolute Gasteiger partial charge is 0.0931 e. The molecule has 0 spiro atoms. The molecule has 2 nitrogen and oxygen atoms in total. The van der Waals surface area contributed by atoms with Crippen molar-refractivity contribution in [2.24, 2.45) is 0 Å². The van der Waals surface area contributed by atoms with Crippen LogP contribution < -0.4 is 0 Å². The van der Waals surface area contributed by atoms with Crippen LogP contribution in [0.1, 0.15) is 10.4 Å². The molecule has 3 rings (SSSR count). The molecule has 2 heterocycles. The third kappa shape index (κ3) is 4.55. The first-order valence-electron chi connectivity index (χ1n) is 7.52. The molecular formula is C17H21ClN2S. The fourth-order valence-electron chi connectivity index (χ4n) is 2.76. The van der Waals surface area contributed by atoms with E-state index in [9.17, 15) is 0 Å². The quantitative estimate of drug-likeness (QED) is 0.827. The number of hydrogen-bond acceptors (Lipinski definition) is 3. The zero-order chi connectivity index (χ0) is 14.5. The number of benzene rings is 1.